The molecule has 4 saturated carbocycles. The zero-order valence-corrected chi connectivity index (χ0v) is 40.1. The van der Waals surface area contributed by atoms with Gasteiger partial charge in [-0.05, 0) is 87.7 Å². The smallest absolute Gasteiger partial charge is 0.335 e. The summed E-state index contributed by atoms with van der Waals surface area (Å²) < 4.78 is 63.7. The number of carbonyl (C=O) groups excluding carboxylic acids is 7. The Hall–Kier alpha value is -4.80. The van der Waals surface area contributed by atoms with E-state index in [1.165, 1.54) is 19.3 Å². The lowest BCUT2D eigenvalue weighted by Crippen LogP contribution is -2.69. The number of carbonyl (C=O) groups is 7. The van der Waals surface area contributed by atoms with Gasteiger partial charge in [0.1, 0.15) is 12.4 Å². The summed E-state index contributed by atoms with van der Waals surface area (Å²) in [5, 5.41) is 25.5. The maximum atomic E-state index is 13.6. The number of rotatable bonds is 13. The van der Waals surface area contributed by atoms with Gasteiger partial charge in [-0.15, -0.1) is 0 Å². The molecule has 7 rings (SSSR count). The molecule has 69 heavy (non-hydrogen) atoms. The van der Waals surface area contributed by atoms with Gasteiger partial charge in [-0.3, -0.25) is 28.8 Å². The largest absolute Gasteiger partial charge is 0.456 e. The first-order chi connectivity index (χ1) is 32.4. The van der Waals surface area contributed by atoms with E-state index < -0.39 is 144 Å². The van der Waals surface area contributed by atoms with Gasteiger partial charge >= 0.3 is 41.4 Å². The van der Waals surface area contributed by atoms with Crippen LogP contribution in [0.15, 0.2) is 27.6 Å². The van der Waals surface area contributed by atoms with E-state index in [-0.39, 0.29) is 37.5 Å². The second kappa shape index (κ2) is 20.1. The Balaban J connectivity index is 1.15. The highest BCUT2D eigenvalue weighted by atomic mass is 16.8. The average molecular weight is 977 g/mol. The average Bonchev–Trinajstić information content (AvgIpc) is 3.54. The second-order valence-corrected chi connectivity index (χ2v) is 19.8. The molecule has 0 spiro atoms. The number of ether oxygens (including phenoxy) is 10. The second-order valence-electron chi connectivity index (χ2n) is 19.8. The molecule has 4 aliphatic carbocycles. The van der Waals surface area contributed by atoms with Crippen LogP contribution in [0.1, 0.15) is 125 Å². The first kappa shape index (κ1) is 52.0. The Labute approximate surface area is 398 Å². The van der Waals surface area contributed by atoms with Gasteiger partial charge in [-0.2, -0.15) is 0 Å². The number of aliphatic hydroxyl groups is 2. The predicted octanol–water partition coefficient (Wildman–Crippen LogP) is 2.64. The Morgan fingerprint density at radius 2 is 1.23 bits per heavy atom. The lowest BCUT2D eigenvalue weighted by molar-refractivity contribution is -0.341. The summed E-state index contributed by atoms with van der Waals surface area (Å²) in [6, 6.07) is 3.24. The van der Waals surface area contributed by atoms with Gasteiger partial charge in [0, 0.05) is 59.4 Å². The topological polar surface area (TPSA) is 282 Å². The number of hydrogen-bond acceptors (Lipinski definition) is 21. The van der Waals surface area contributed by atoms with Crippen molar-refractivity contribution in [2.24, 2.45) is 22.7 Å². The minimum atomic E-state index is -1.62. The van der Waals surface area contributed by atoms with Crippen LogP contribution in [0.4, 0.5) is 0 Å². The van der Waals surface area contributed by atoms with Crippen LogP contribution in [0, 0.1) is 22.7 Å². The van der Waals surface area contributed by atoms with Gasteiger partial charge in [0.05, 0.1) is 41.7 Å². The van der Waals surface area contributed by atoms with Crippen molar-refractivity contribution in [3.8, 4) is 0 Å². The normalized spacial score (nSPS) is 41.4. The van der Waals surface area contributed by atoms with Gasteiger partial charge in [0.25, 0.3) is 0 Å². The van der Waals surface area contributed by atoms with E-state index in [9.17, 15) is 48.6 Å². The lowest BCUT2D eigenvalue weighted by atomic mass is 9.41. The quantitative estimate of drug-likeness (QED) is 0.124. The van der Waals surface area contributed by atoms with E-state index in [0.29, 0.717) is 32.1 Å². The molecule has 2 N–H and O–H groups in total. The minimum Gasteiger partial charge on any atom is -0.456 e. The molecule has 3 heterocycles. The number of aldehydes is 1. The molecule has 2 saturated heterocycles. The molecule has 1 aromatic heterocycles. The van der Waals surface area contributed by atoms with Crippen LogP contribution < -0.4 is 5.63 Å². The van der Waals surface area contributed by atoms with Gasteiger partial charge in [0.2, 0.25) is 0 Å². The van der Waals surface area contributed by atoms with Crippen molar-refractivity contribution >= 4 is 42.1 Å². The highest BCUT2D eigenvalue weighted by Gasteiger charge is 2.71. The summed E-state index contributed by atoms with van der Waals surface area (Å²) in [5.74, 6) is -5.79. The molecule has 2 aliphatic heterocycles. The van der Waals surface area contributed by atoms with E-state index in [4.69, 9.17) is 51.8 Å². The van der Waals surface area contributed by atoms with E-state index in [1.807, 2.05) is 6.92 Å². The Morgan fingerprint density at radius 3 is 1.83 bits per heavy atom. The van der Waals surface area contributed by atoms with Crippen molar-refractivity contribution in [2.75, 3.05) is 6.61 Å². The highest BCUT2D eigenvalue weighted by molar-refractivity contribution is 5.69. The van der Waals surface area contributed by atoms with E-state index in [1.54, 1.807) is 6.07 Å². The number of fused-ring (bicyclic) bond motifs is 5. The first-order valence-corrected chi connectivity index (χ1v) is 23.6. The molecular weight excluding hydrogens is 913 g/mol. The summed E-state index contributed by atoms with van der Waals surface area (Å²) in [5.41, 5.74) is -4.38. The van der Waals surface area contributed by atoms with Gasteiger partial charge < -0.3 is 66.8 Å². The molecule has 18 atom stereocenters. The molecule has 6 aliphatic rings. The zero-order chi connectivity index (χ0) is 50.4. The Morgan fingerprint density at radius 1 is 0.681 bits per heavy atom. The highest BCUT2D eigenvalue weighted by Crippen LogP contribution is 2.71. The predicted molar refractivity (Wildman–Crippen MR) is 230 cm³/mol. The summed E-state index contributed by atoms with van der Waals surface area (Å²) in [7, 11) is 0. The van der Waals surface area contributed by atoms with Crippen LogP contribution >= 0.6 is 0 Å². The fourth-order valence-electron chi connectivity index (χ4n) is 13.0. The van der Waals surface area contributed by atoms with Crippen LogP contribution in [0.5, 0.6) is 0 Å². The molecule has 1 aromatic rings. The van der Waals surface area contributed by atoms with Gasteiger partial charge in [-0.1, -0.05) is 6.92 Å². The zero-order valence-electron chi connectivity index (χ0n) is 40.1. The van der Waals surface area contributed by atoms with E-state index in [0.717, 1.165) is 53.4 Å². The molecule has 0 bridgehead atoms. The standard InChI is InChI=1S/C48H64O21/c1-23-37(62-24(2)50)39(64-26(4)52)41(66-28(6)54)43(61-23)60-21-35-38(63-25(3)51)40(65-27(5)53)42(67-29(7)55)44(69-35)68-31-9-15-46(22-49)33-10-14-45(8)32(30-13-18-59-36(56)19-30)12-17-48(45,58)34(33)11-16-47(46,57)20-31/h13,18-19,22-23,31-35,37-44,57-58H,9-12,14-17,20-21H2,1-8H3/t23-,31+,32-,33+,34-,35-,37-,38-,39+,40-,41+,42+,43+,44+,45+,46-,47+,48-/m0/s1. The summed E-state index contributed by atoms with van der Waals surface area (Å²) >= 11 is 0. The SMILES string of the molecule is CC(=O)O[C@@H]1[C@@H](OC(C)=O)[C@H](C)O[C@@H](OC[C@@H]2O[C@@H](O[C@@H]3CC[C@]4(C=O)[C@@H]5CC[C@]6(C)[C@H](c7ccoc(=O)c7)CC[C@]6(O)[C@H]5CC[C@@]4(O)C3)[C@H](OC(C)=O)[C@@H](OC(C)=O)[C@H]2OC(C)=O)[C@@H]1OC(C)=O. The van der Waals surface area contributed by atoms with Crippen molar-refractivity contribution in [3.63, 3.8) is 0 Å². The van der Waals surface area contributed by atoms with E-state index >= 15 is 0 Å². The minimum absolute atomic E-state index is 0.0780. The van der Waals surface area contributed by atoms with E-state index in [2.05, 4.69) is 0 Å². The molecule has 21 nitrogen and oxygen atoms in total. The van der Waals surface area contributed by atoms with Crippen molar-refractivity contribution in [3.05, 3.63) is 34.4 Å². The van der Waals surface area contributed by atoms with Gasteiger partial charge in [-0.25, -0.2) is 4.79 Å². The van der Waals surface area contributed by atoms with Crippen molar-refractivity contribution in [1.29, 1.82) is 0 Å². The summed E-state index contributed by atoms with van der Waals surface area (Å²) in [4.78, 5) is 101. The number of esters is 6. The summed E-state index contributed by atoms with van der Waals surface area (Å²) in [6.07, 6.45) is -10.1. The van der Waals surface area contributed by atoms with Crippen LogP contribution in [0.3, 0.4) is 0 Å². The molecule has 21 heteroatoms. The molecular formula is C48H64O21. The molecule has 6 fully saturated rings. The third-order valence-electron chi connectivity index (χ3n) is 15.7. The fourth-order valence-corrected chi connectivity index (χ4v) is 13.0. The van der Waals surface area contributed by atoms with Crippen LogP contribution in [0.25, 0.3) is 0 Å². The van der Waals surface area contributed by atoms with Crippen molar-refractivity contribution in [1.82, 2.24) is 0 Å². The number of hydrogen-bond donors (Lipinski definition) is 2. The molecule has 0 amide bonds. The van der Waals surface area contributed by atoms with Crippen LogP contribution in [0.2, 0.25) is 0 Å². The molecule has 0 radical (unpaired) electrons. The molecule has 0 unspecified atom stereocenters. The lowest BCUT2D eigenvalue weighted by Gasteiger charge is -2.65. The summed E-state index contributed by atoms with van der Waals surface area (Å²) in [6.45, 7) is 9.56. The van der Waals surface area contributed by atoms with Crippen LogP contribution in [-0.4, -0.2) is 138 Å². The fraction of sp³-hybridized carbons (Fsp3) is 0.750. The maximum Gasteiger partial charge on any atom is 0.335 e. The molecule has 0 aromatic carbocycles. The van der Waals surface area contributed by atoms with Gasteiger partial charge in [0.15, 0.2) is 49.2 Å². The molecule has 382 valence electrons. The van der Waals surface area contributed by atoms with Crippen molar-refractivity contribution in [2.45, 2.75) is 198 Å². The van der Waals surface area contributed by atoms with Crippen molar-refractivity contribution < 1.29 is 95.6 Å². The maximum absolute atomic E-state index is 13.6. The third-order valence-corrected chi connectivity index (χ3v) is 15.7. The van der Waals surface area contributed by atoms with Crippen LogP contribution in [-0.2, 0) is 80.9 Å². The first-order valence-electron chi connectivity index (χ1n) is 23.6. The monoisotopic (exact) mass is 976 g/mol. The third kappa shape index (κ3) is 9.96. The Bertz CT molecular complexity index is 2190. The Kier molecular flexibility index (Phi) is 15.2.